The maximum absolute atomic E-state index is 13.6. The van der Waals surface area contributed by atoms with Crippen molar-refractivity contribution in [1.82, 2.24) is 10.2 Å². The lowest BCUT2D eigenvalue weighted by Gasteiger charge is -2.34. The van der Waals surface area contributed by atoms with Crippen LogP contribution in [0.15, 0.2) is 78.9 Å². The van der Waals surface area contributed by atoms with Crippen molar-refractivity contribution in [3.63, 3.8) is 0 Å². The van der Waals surface area contributed by atoms with E-state index >= 15 is 0 Å². The zero-order valence-corrected chi connectivity index (χ0v) is 20.5. The number of rotatable bonds is 8. The number of carbonyl (C=O) groups is 2. The first-order chi connectivity index (χ1) is 16.1. The van der Waals surface area contributed by atoms with Crippen LogP contribution in [0.4, 0.5) is 4.39 Å². The van der Waals surface area contributed by atoms with E-state index < -0.39 is 11.6 Å². The molecule has 0 heterocycles. The molecule has 2 amide bonds. The van der Waals surface area contributed by atoms with E-state index in [-0.39, 0.29) is 30.6 Å². The van der Waals surface area contributed by atoms with Crippen molar-refractivity contribution >= 4 is 23.4 Å². The Hall–Kier alpha value is -3.18. The van der Waals surface area contributed by atoms with Gasteiger partial charge in [-0.1, -0.05) is 72.3 Å². The fraction of sp³-hybridized carbons (Fsp3) is 0.286. The topological polar surface area (TPSA) is 49.4 Å². The Balaban J connectivity index is 1.99. The maximum Gasteiger partial charge on any atom is 0.243 e. The molecule has 4 nitrogen and oxygen atoms in total. The molecule has 0 unspecified atom stereocenters. The van der Waals surface area contributed by atoms with E-state index in [4.69, 9.17) is 11.6 Å². The minimum Gasteiger partial charge on any atom is -0.350 e. The van der Waals surface area contributed by atoms with Gasteiger partial charge in [0.15, 0.2) is 0 Å². The van der Waals surface area contributed by atoms with Crippen molar-refractivity contribution in [2.75, 3.05) is 0 Å². The fourth-order valence-corrected chi connectivity index (χ4v) is 3.89. The minimum absolute atomic E-state index is 0.0405. The first-order valence-electron chi connectivity index (χ1n) is 11.3. The second-order valence-corrected chi connectivity index (χ2v) is 9.77. The molecule has 0 aliphatic heterocycles. The van der Waals surface area contributed by atoms with Crippen LogP contribution in [0.5, 0.6) is 0 Å². The number of halogens is 2. The Bertz CT molecular complexity index is 1110. The van der Waals surface area contributed by atoms with Crippen molar-refractivity contribution in [1.29, 1.82) is 0 Å². The van der Waals surface area contributed by atoms with Crippen molar-refractivity contribution in [3.8, 4) is 0 Å². The summed E-state index contributed by atoms with van der Waals surface area (Å²) in [5.41, 5.74) is 1.89. The Morgan fingerprint density at radius 3 is 2.15 bits per heavy atom. The van der Waals surface area contributed by atoms with Gasteiger partial charge in [0.25, 0.3) is 0 Å². The largest absolute Gasteiger partial charge is 0.350 e. The van der Waals surface area contributed by atoms with Crippen molar-refractivity contribution in [3.05, 3.63) is 106 Å². The van der Waals surface area contributed by atoms with Gasteiger partial charge in [-0.3, -0.25) is 9.59 Å². The number of amides is 2. The van der Waals surface area contributed by atoms with Crippen LogP contribution < -0.4 is 5.32 Å². The van der Waals surface area contributed by atoms with E-state index in [1.54, 1.807) is 23.1 Å². The van der Waals surface area contributed by atoms with E-state index in [0.717, 1.165) is 11.1 Å². The van der Waals surface area contributed by atoms with Gasteiger partial charge in [0.05, 0.1) is 6.42 Å². The summed E-state index contributed by atoms with van der Waals surface area (Å²) in [7, 11) is 0. The number of hydrogen-bond donors (Lipinski definition) is 1. The molecule has 178 valence electrons. The Kier molecular flexibility index (Phi) is 8.46. The van der Waals surface area contributed by atoms with Gasteiger partial charge < -0.3 is 10.2 Å². The molecule has 0 radical (unpaired) electrons. The summed E-state index contributed by atoms with van der Waals surface area (Å²) < 4.78 is 13.4. The molecule has 0 aliphatic rings. The summed E-state index contributed by atoms with van der Waals surface area (Å²) in [5, 5.41) is 3.56. The Labute approximate surface area is 205 Å². The third-order valence-corrected chi connectivity index (χ3v) is 5.71. The summed E-state index contributed by atoms with van der Waals surface area (Å²) in [6, 6.07) is 22.0. The van der Waals surface area contributed by atoms with Crippen molar-refractivity contribution in [2.45, 2.75) is 51.7 Å². The summed E-state index contributed by atoms with van der Waals surface area (Å²) in [6.07, 6.45) is 0.390. The van der Waals surface area contributed by atoms with Gasteiger partial charge in [0.2, 0.25) is 11.8 Å². The SMILES string of the molecule is CC(C)(C)NC(=O)[C@@H](Cc1ccccc1)N(Cc1ccccc1Cl)C(=O)Cc1ccc(F)cc1. The third kappa shape index (κ3) is 7.42. The van der Waals surface area contributed by atoms with Crippen LogP contribution in [0.3, 0.4) is 0 Å². The van der Waals surface area contributed by atoms with Gasteiger partial charge in [-0.25, -0.2) is 4.39 Å². The molecule has 0 aromatic heterocycles. The van der Waals surface area contributed by atoms with Crippen molar-refractivity contribution < 1.29 is 14.0 Å². The molecule has 0 aliphatic carbocycles. The minimum atomic E-state index is -0.758. The molecule has 0 spiro atoms. The van der Waals surface area contributed by atoms with Crippen LogP contribution in [0.2, 0.25) is 5.02 Å². The molecule has 1 N–H and O–H groups in total. The lowest BCUT2D eigenvalue weighted by Crippen LogP contribution is -2.54. The summed E-state index contributed by atoms with van der Waals surface area (Å²) in [4.78, 5) is 28.7. The zero-order chi connectivity index (χ0) is 24.7. The molecule has 3 rings (SSSR count). The average Bonchev–Trinajstić information content (AvgIpc) is 2.78. The quantitative estimate of drug-likeness (QED) is 0.457. The van der Waals surface area contributed by atoms with E-state index in [2.05, 4.69) is 5.32 Å². The molecule has 0 bridgehead atoms. The molecule has 1 atom stereocenters. The van der Waals surface area contributed by atoms with Gasteiger partial charge in [-0.2, -0.15) is 0 Å². The highest BCUT2D eigenvalue weighted by Crippen LogP contribution is 2.22. The number of benzene rings is 3. The third-order valence-electron chi connectivity index (χ3n) is 5.34. The molecule has 3 aromatic carbocycles. The molecule has 0 saturated carbocycles. The van der Waals surface area contributed by atoms with E-state index in [0.29, 0.717) is 17.0 Å². The van der Waals surface area contributed by atoms with E-state index in [1.165, 1.54) is 12.1 Å². The van der Waals surface area contributed by atoms with Crippen molar-refractivity contribution in [2.24, 2.45) is 0 Å². The molecular weight excluding hydrogens is 451 g/mol. The predicted octanol–water partition coefficient (Wildman–Crippen LogP) is 5.58. The number of hydrogen-bond acceptors (Lipinski definition) is 2. The van der Waals surface area contributed by atoms with Gasteiger partial charge in [0.1, 0.15) is 11.9 Å². The van der Waals surface area contributed by atoms with Gasteiger partial charge in [0, 0.05) is 23.5 Å². The zero-order valence-electron chi connectivity index (χ0n) is 19.7. The smallest absolute Gasteiger partial charge is 0.243 e. The fourth-order valence-electron chi connectivity index (χ4n) is 3.70. The lowest BCUT2D eigenvalue weighted by atomic mass is 10.00. The molecular formula is C28H30ClFN2O2. The van der Waals surface area contributed by atoms with Gasteiger partial charge in [-0.15, -0.1) is 0 Å². The highest BCUT2D eigenvalue weighted by molar-refractivity contribution is 6.31. The van der Waals surface area contributed by atoms with Gasteiger partial charge >= 0.3 is 0 Å². The van der Waals surface area contributed by atoms with Crippen LogP contribution in [-0.2, 0) is 29.0 Å². The summed E-state index contributed by atoms with van der Waals surface area (Å²) >= 11 is 6.42. The molecule has 6 heteroatoms. The molecule has 0 fully saturated rings. The van der Waals surface area contributed by atoms with Crippen LogP contribution in [0, 0.1) is 5.82 Å². The maximum atomic E-state index is 13.6. The highest BCUT2D eigenvalue weighted by Gasteiger charge is 2.32. The van der Waals surface area contributed by atoms with Crippen LogP contribution >= 0.6 is 11.6 Å². The lowest BCUT2D eigenvalue weighted by molar-refractivity contribution is -0.141. The van der Waals surface area contributed by atoms with Crippen LogP contribution in [0.25, 0.3) is 0 Å². The number of carbonyl (C=O) groups excluding carboxylic acids is 2. The second-order valence-electron chi connectivity index (χ2n) is 9.36. The summed E-state index contributed by atoms with van der Waals surface area (Å²) in [6.45, 7) is 5.89. The van der Waals surface area contributed by atoms with Crippen LogP contribution in [-0.4, -0.2) is 28.3 Å². The molecule has 3 aromatic rings. The first kappa shape index (κ1) is 25.4. The average molecular weight is 481 g/mol. The van der Waals surface area contributed by atoms with E-state index in [1.807, 2.05) is 69.3 Å². The van der Waals surface area contributed by atoms with Crippen LogP contribution in [0.1, 0.15) is 37.5 Å². The number of nitrogens with zero attached hydrogens (tertiary/aromatic N) is 1. The summed E-state index contributed by atoms with van der Waals surface area (Å²) in [5.74, 6) is -0.844. The standard InChI is InChI=1S/C28H30ClFN2O2/c1-28(2,3)31-27(34)25(17-20-9-5-4-6-10-20)32(19-22-11-7-8-12-24(22)29)26(33)18-21-13-15-23(30)16-14-21/h4-16,25H,17-19H2,1-3H3,(H,31,34)/t25-/m1/s1. The second kappa shape index (κ2) is 11.3. The monoisotopic (exact) mass is 480 g/mol. The Morgan fingerprint density at radius 1 is 0.912 bits per heavy atom. The first-order valence-corrected chi connectivity index (χ1v) is 11.6. The Morgan fingerprint density at radius 2 is 1.53 bits per heavy atom. The number of nitrogens with one attached hydrogen (secondary N) is 1. The highest BCUT2D eigenvalue weighted by atomic mass is 35.5. The molecule has 0 saturated heterocycles. The predicted molar refractivity (Wildman–Crippen MR) is 134 cm³/mol. The molecule has 34 heavy (non-hydrogen) atoms. The van der Waals surface area contributed by atoms with Gasteiger partial charge in [-0.05, 0) is 55.7 Å². The normalized spacial score (nSPS) is 12.1. The van der Waals surface area contributed by atoms with E-state index in [9.17, 15) is 14.0 Å².